The Morgan fingerprint density at radius 1 is 1.14 bits per heavy atom. The summed E-state index contributed by atoms with van der Waals surface area (Å²) in [5.41, 5.74) is 2.29. The SMILES string of the molecule is Cc1csc(=Nc2ccccc2)n1CCN1CCOCC1. The van der Waals surface area contributed by atoms with Gasteiger partial charge in [0, 0.05) is 37.3 Å². The first kappa shape index (κ1) is 14.5. The highest BCUT2D eigenvalue weighted by atomic mass is 32.1. The third kappa shape index (κ3) is 3.81. The highest BCUT2D eigenvalue weighted by Crippen LogP contribution is 2.10. The summed E-state index contributed by atoms with van der Waals surface area (Å²) in [7, 11) is 0. The van der Waals surface area contributed by atoms with Crippen LogP contribution in [-0.4, -0.2) is 42.3 Å². The predicted octanol–water partition coefficient (Wildman–Crippen LogP) is 2.42. The van der Waals surface area contributed by atoms with Crippen molar-refractivity contribution in [1.29, 1.82) is 0 Å². The zero-order valence-corrected chi connectivity index (χ0v) is 13.2. The largest absolute Gasteiger partial charge is 0.379 e. The van der Waals surface area contributed by atoms with Crippen molar-refractivity contribution in [2.75, 3.05) is 32.8 Å². The summed E-state index contributed by atoms with van der Waals surface area (Å²) in [6.07, 6.45) is 0. The van der Waals surface area contributed by atoms with Crippen molar-refractivity contribution in [2.24, 2.45) is 4.99 Å². The van der Waals surface area contributed by atoms with Crippen molar-refractivity contribution in [3.8, 4) is 0 Å². The Balaban J connectivity index is 1.75. The van der Waals surface area contributed by atoms with Gasteiger partial charge in [-0.15, -0.1) is 11.3 Å². The molecule has 0 aliphatic carbocycles. The molecule has 5 heteroatoms. The van der Waals surface area contributed by atoms with Crippen LogP contribution in [0.5, 0.6) is 0 Å². The lowest BCUT2D eigenvalue weighted by Gasteiger charge is -2.26. The minimum absolute atomic E-state index is 0.856. The molecule has 1 aromatic heterocycles. The number of hydrogen-bond donors (Lipinski definition) is 0. The number of benzene rings is 1. The fourth-order valence-corrected chi connectivity index (χ4v) is 3.38. The first-order chi connectivity index (χ1) is 10.3. The summed E-state index contributed by atoms with van der Waals surface area (Å²) in [5.74, 6) is 0. The predicted molar refractivity (Wildman–Crippen MR) is 86.0 cm³/mol. The molecule has 1 aliphatic heterocycles. The van der Waals surface area contributed by atoms with E-state index < -0.39 is 0 Å². The van der Waals surface area contributed by atoms with Crippen molar-refractivity contribution in [3.05, 3.63) is 46.2 Å². The normalized spacial score (nSPS) is 17.3. The van der Waals surface area contributed by atoms with Crippen LogP contribution in [0.25, 0.3) is 0 Å². The van der Waals surface area contributed by atoms with E-state index in [9.17, 15) is 0 Å². The molecule has 3 rings (SSSR count). The molecule has 0 N–H and O–H groups in total. The van der Waals surface area contributed by atoms with Crippen LogP contribution >= 0.6 is 11.3 Å². The zero-order valence-electron chi connectivity index (χ0n) is 12.4. The van der Waals surface area contributed by atoms with Gasteiger partial charge in [-0.1, -0.05) is 18.2 Å². The van der Waals surface area contributed by atoms with Crippen LogP contribution in [0.2, 0.25) is 0 Å². The molecule has 0 amide bonds. The van der Waals surface area contributed by atoms with Crippen LogP contribution in [0.15, 0.2) is 40.7 Å². The number of aryl methyl sites for hydroxylation is 1. The van der Waals surface area contributed by atoms with E-state index in [2.05, 4.69) is 21.8 Å². The van der Waals surface area contributed by atoms with Crippen LogP contribution in [0.1, 0.15) is 5.69 Å². The van der Waals surface area contributed by atoms with Gasteiger partial charge in [0.15, 0.2) is 4.80 Å². The average Bonchev–Trinajstić information content (AvgIpc) is 2.87. The van der Waals surface area contributed by atoms with E-state index in [0.29, 0.717) is 0 Å². The third-order valence-electron chi connectivity index (χ3n) is 3.72. The Bertz CT molecular complexity index is 626. The third-order valence-corrected chi connectivity index (χ3v) is 4.70. The number of morpholine rings is 1. The van der Waals surface area contributed by atoms with Crippen molar-refractivity contribution in [1.82, 2.24) is 9.47 Å². The fourth-order valence-electron chi connectivity index (χ4n) is 2.45. The smallest absolute Gasteiger partial charge is 0.190 e. The van der Waals surface area contributed by atoms with Crippen LogP contribution in [0.4, 0.5) is 5.69 Å². The molecule has 0 unspecified atom stereocenters. The maximum atomic E-state index is 5.40. The van der Waals surface area contributed by atoms with Crippen LogP contribution in [-0.2, 0) is 11.3 Å². The molecule has 21 heavy (non-hydrogen) atoms. The highest BCUT2D eigenvalue weighted by molar-refractivity contribution is 7.07. The number of ether oxygens (including phenoxy) is 1. The molecule has 0 spiro atoms. The Hall–Kier alpha value is -1.43. The van der Waals surface area contributed by atoms with Crippen molar-refractivity contribution in [3.63, 3.8) is 0 Å². The molecule has 4 nitrogen and oxygen atoms in total. The second kappa shape index (κ2) is 7.02. The van der Waals surface area contributed by atoms with Gasteiger partial charge in [0.05, 0.1) is 18.9 Å². The Morgan fingerprint density at radius 3 is 2.67 bits per heavy atom. The van der Waals surface area contributed by atoms with Crippen molar-refractivity contribution < 1.29 is 4.74 Å². The second-order valence-electron chi connectivity index (χ2n) is 5.21. The van der Waals surface area contributed by atoms with E-state index >= 15 is 0 Å². The fraction of sp³-hybridized carbons (Fsp3) is 0.438. The lowest BCUT2D eigenvalue weighted by molar-refractivity contribution is 0.0362. The maximum absolute atomic E-state index is 5.40. The lowest BCUT2D eigenvalue weighted by atomic mass is 10.3. The van der Waals surface area contributed by atoms with Gasteiger partial charge in [-0.3, -0.25) is 4.90 Å². The van der Waals surface area contributed by atoms with Gasteiger partial charge in [-0.25, -0.2) is 4.99 Å². The molecular formula is C16H21N3OS. The molecule has 1 aliphatic rings. The molecule has 0 bridgehead atoms. The molecule has 2 heterocycles. The van der Waals surface area contributed by atoms with Gasteiger partial charge < -0.3 is 9.30 Å². The van der Waals surface area contributed by atoms with Gasteiger partial charge in [0.2, 0.25) is 0 Å². The molecular weight excluding hydrogens is 282 g/mol. The van der Waals surface area contributed by atoms with E-state index in [4.69, 9.17) is 9.73 Å². The topological polar surface area (TPSA) is 29.8 Å². The van der Waals surface area contributed by atoms with Crippen LogP contribution in [0, 0.1) is 6.92 Å². The zero-order chi connectivity index (χ0) is 14.5. The van der Waals surface area contributed by atoms with Crippen molar-refractivity contribution >= 4 is 17.0 Å². The minimum atomic E-state index is 0.856. The van der Waals surface area contributed by atoms with Gasteiger partial charge in [-0.2, -0.15) is 0 Å². The van der Waals surface area contributed by atoms with E-state index in [-0.39, 0.29) is 0 Å². The van der Waals surface area contributed by atoms with E-state index in [1.54, 1.807) is 11.3 Å². The van der Waals surface area contributed by atoms with Crippen molar-refractivity contribution in [2.45, 2.75) is 13.5 Å². The van der Waals surface area contributed by atoms with Gasteiger partial charge in [0.1, 0.15) is 0 Å². The Kier molecular flexibility index (Phi) is 4.85. The summed E-state index contributed by atoms with van der Waals surface area (Å²) in [5, 5.41) is 2.18. The van der Waals surface area contributed by atoms with Gasteiger partial charge in [0.25, 0.3) is 0 Å². The first-order valence-corrected chi connectivity index (χ1v) is 8.26. The average molecular weight is 303 g/mol. The van der Waals surface area contributed by atoms with E-state index in [1.165, 1.54) is 5.69 Å². The number of para-hydroxylation sites is 1. The summed E-state index contributed by atoms with van der Waals surface area (Å²) < 4.78 is 7.71. The lowest BCUT2D eigenvalue weighted by Crippen LogP contribution is -2.39. The maximum Gasteiger partial charge on any atom is 0.190 e. The summed E-state index contributed by atoms with van der Waals surface area (Å²) in [6.45, 7) is 7.98. The van der Waals surface area contributed by atoms with E-state index in [1.807, 2.05) is 30.3 Å². The monoisotopic (exact) mass is 303 g/mol. The summed E-state index contributed by atoms with van der Waals surface area (Å²) >= 11 is 1.71. The van der Waals surface area contributed by atoms with Gasteiger partial charge in [-0.05, 0) is 19.1 Å². The standard InChI is InChI=1S/C16H21N3OS/c1-14-13-21-16(17-15-5-3-2-4-6-15)19(14)8-7-18-9-11-20-12-10-18/h2-6,13H,7-12H2,1H3. The Labute approximate surface area is 129 Å². The number of hydrogen-bond acceptors (Lipinski definition) is 4. The number of rotatable bonds is 4. The van der Waals surface area contributed by atoms with Gasteiger partial charge >= 0.3 is 0 Å². The second-order valence-corrected chi connectivity index (χ2v) is 6.05. The molecule has 1 aromatic carbocycles. The number of thiazole rings is 1. The summed E-state index contributed by atoms with van der Waals surface area (Å²) in [4.78, 5) is 8.30. The first-order valence-electron chi connectivity index (χ1n) is 7.38. The van der Waals surface area contributed by atoms with Crippen LogP contribution < -0.4 is 4.80 Å². The van der Waals surface area contributed by atoms with E-state index in [0.717, 1.165) is 49.9 Å². The summed E-state index contributed by atoms with van der Waals surface area (Å²) in [6, 6.07) is 10.2. The quantitative estimate of drug-likeness (QED) is 0.868. The molecule has 1 fully saturated rings. The molecule has 2 aromatic rings. The number of nitrogens with zero attached hydrogens (tertiary/aromatic N) is 3. The molecule has 0 atom stereocenters. The molecule has 0 saturated carbocycles. The van der Waals surface area contributed by atoms with Crippen LogP contribution in [0.3, 0.4) is 0 Å². The molecule has 112 valence electrons. The number of aromatic nitrogens is 1. The Morgan fingerprint density at radius 2 is 1.90 bits per heavy atom. The minimum Gasteiger partial charge on any atom is -0.379 e. The highest BCUT2D eigenvalue weighted by Gasteiger charge is 2.11. The molecule has 0 radical (unpaired) electrons. The molecule has 1 saturated heterocycles.